The number of carbonyl (C=O) groups is 1. The van der Waals surface area contributed by atoms with Crippen LogP contribution < -0.4 is 5.32 Å². The molecule has 1 N–H and O–H groups in total. The number of halogens is 1. The SMILES string of the molecule is O=C(CCc1ccccc1Br)NCC1CCCCC1. The average Bonchev–Trinajstić information content (AvgIpc) is 2.45. The third-order valence-corrected chi connectivity index (χ3v) is 4.67. The molecule has 1 saturated carbocycles. The number of hydrogen-bond acceptors (Lipinski definition) is 1. The van der Waals surface area contributed by atoms with E-state index in [1.165, 1.54) is 37.7 Å². The normalized spacial score (nSPS) is 16.3. The van der Waals surface area contributed by atoms with Crippen LogP contribution in [0.1, 0.15) is 44.1 Å². The minimum absolute atomic E-state index is 0.182. The first kappa shape index (κ1) is 14.6. The monoisotopic (exact) mass is 323 g/mol. The van der Waals surface area contributed by atoms with Gasteiger partial charge in [0.1, 0.15) is 0 Å². The molecule has 1 amide bonds. The lowest BCUT2D eigenvalue weighted by molar-refractivity contribution is -0.121. The van der Waals surface area contributed by atoms with Crippen LogP contribution in [0.25, 0.3) is 0 Å². The molecule has 0 radical (unpaired) electrons. The molecule has 0 aromatic heterocycles. The number of benzene rings is 1. The zero-order chi connectivity index (χ0) is 13.5. The van der Waals surface area contributed by atoms with Crippen LogP contribution in [0.3, 0.4) is 0 Å². The second-order valence-corrected chi connectivity index (χ2v) is 6.25. The van der Waals surface area contributed by atoms with Gasteiger partial charge in [0.25, 0.3) is 0 Å². The van der Waals surface area contributed by atoms with Crippen LogP contribution in [0, 0.1) is 5.92 Å². The van der Waals surface area contributed by atoms with Crippen molar-refractivity contribution in [2.45, 2.75) is 44.9 Å². The highest BCUT2D eigenvalue weighted by molar-refractivity contribution is 9.10. The summed E-state index contributed by atoms with van der Waals surface area (Å²) in [6.07, 6.45) is 7.98. The summed E-state index contributed by atoms with van der Waals surface area (Å²) in [4.78, 5) is 11.8. The van der Waals surface area contributed by atoms with Crippen molar-refractivity contribution >= 4 is 21.8 Å². The van der Waals surface area contributed by atoms with Gasteiger partial charge in [-0.2, -0.15) is 0 Å². The van der Waals surface area contributed by atoms with Crippen molar-refractivity contribution in [2.75, 3.05) is 6.54 Å². The number of amides is 1. The van der Waals surface area contributed by atoms with Crippen molar-refractivity contribution in [1.82, 2.24) is 5.32 Å². The van der Waals surface area contributed by atoms with Gasteiger partial charge >= 0.3 is 0 Å². The second kappa shape index (κ2) is 7.68. The Balaban J connectivity index is 1.68. The Morgan fingerprint density at radius 1 is 1.21 bits per heavy atom. The molecule has 2 rings (SSSR count). The Labute approximate surface area is 124 Å². The molecule has 3 heteroatoms. The first-order valence-electron chi connectivity index (χ1n) is 7.26. The van der Waals surface area contributed by atoms with Gasteiger partial charge < -0.3 is 5.32 Å². The van der Waals surface area contributed by atoms with Crippen molar-refractivity contribution < 1.29 is 4.79 Å². The molecule has 0 aliphatic heterocycles. The van der Waals surface area contributed by atoms with E-state index in [0.717, 1.165) is 17.4 Å². The molecule has 0 spiro atoms. The number of nitrogens with one attached hydrogen (secondary N) is 1. The smallest absolute Gasteiger partial charge is 0.220 e. The van der Waals surface area contributed by atoms with E-state index >= 15 is 0 Å². The van der Waals surface area contributed by atoms with Crippen molar-refractivity contribution in [2.24, 2.45) is 5.92 Å². The van der Waals surface area contributed by atoms with Gasteiger partial charge in [-0.15, -0.1) is 0 Å². The summed E-state index contributed by atoms with van der Waals surface area (Å²) < 4.78 is 1.09. The third-order valence-electron chi connectivity index (χ3n) is 3.89. The summed E-state index contributed by atoms with van der Waals surface area (Å²) in [5, 5.41) is 3.09. The molecule has 104 valence electrons. The fourth-order valence-corrected chi connectivity index (χ4v) is 3.17. The van der Waals surface area contributed by atoms with Gasteiger partial charge in [0.15, 0.2) is 0 Å². The van der Waals surface area contributed by atoms with Gasteiger partial charge in [-0.3, -0.25) is 4.79 Å². The number of carbonyl (C=O) groups excluding carboxylic acids is 1. The summed E-state index contributed by atoms with van der Waals surface area (Å²) in [7, 11) is 0. The summed E-state index contributed by atoms with van der Waals surface area (Å²) in [5.41, 5.74) is 1.20. The molecule has 0 unspecified atom stereocenters. The van der Waals surface area contributed by atoms with Crippen LogP contribution in [0.15, 0.2) is 28.7 Å². The van der Waals surface area contributed by atoms with Crippen molar-refractivity contribution in [3.63, 3.8) is 0 Å². The molecular formula is C16H22BrNO. The molecule has 1 aromatic carbocycles. The molecule has 0 heterocycles. The third kappa shape index (κ3) is 4.98. The zero-order valence-electron chi connectivity index (χ0n) is 11.3. The van der Waals surface area contributed by atoms with Crippen LogP contribution >= 0.6 is 15.9 Å². The quantitative estimate of drug-likeness (QED) is 0.869. The van der Waals surface area contributed by atoms with Crippen LogP contribution in [0.2, 0.25) is 0 Å². The lowest BCUT2D eigenvalue weighted by atomic mass is 9.89. The van der Waals surface area contributed by atoms with E-state index in [1.54, 1.807) is 0 Å². The van der Waals surface area contributed by atoms with E-state index < -0.39 is 0 Å². The van der Waals surface area contributed by atoms with E-state index in [1.807, 2.05) is 18.2 Å². The van der Waals surface area contributed by atoms with E-state index in [2.05, 4.69) is 27.3 Å². The maximum atomic E-state index is 11.8. The first-order valence-corrected chi connectivity index (χ1v) is 8.05. The number of aryl methyl sites for hydroxylation is 1. The predicted octanol–water partition coefficient (Wildman–Crippen LogP) is 4.08. The van der Waals surface area contributed by atoms with Crippen LogP contribution in [-0.2, 0) is 11.2 Å². The first-order chi connectivity index (χ1) is 9.25. The second-order valence-electron chi connectivity index (χ2n) is 5.40. The minimum atomic E-state index is 0.182. The van der Waals surface area contributed by atoms with Gasteiger partial charge in [0.2, 0.25) is 5.91 Å². The highest BCUT2D eigenvalue weighted by Gasteiger charge is 2.14. The molecule has 0 saturated heterocycles. The van der Waals surface area contributed by atoms with E-state index in [9.17, 15) is 4.79 Å². The molecule has 19 heavy (non-hydrogen) atoms. The van der Waals surface area contributed by atoms with Crippen molar-refractivity contribution in [3.8, 4) is 0 Å². The topological polar surface area (TPSA) is 29.1 Å². The van der Waals surface area contributed by atoms with Gasteiger partial charge in [0, 0.05) is 17.4 Å². The van der Waals surface area contributed by atoms with Gasteiger partial charge in [-0.25, -0.2) is 0 Å². The van der Waals surface area contributed by atoms with Gasteiger partial charge in [-0.05, 0) is 36.8 Å². The Kier molecular flexibility index (Phi) is 5.90. The summed E-state index contributed by atoms with van der Waals surface area (Å²) >= 11 is 3.52. The van der Waals surface area contributed by atoms with E-state index in [-0.39, 0.29) is 5.91 Å². The fraction of sp³-hybridized carbons (Fsp3) is 0.562. The van der Waals surface area contributed by atoms with Crippen molar-refractivity contribution in [1.29, 1.82) is 0 Å². The summed E-state index contributed by atoms with van der Waals surface area (Å²) in [6, 6.07) is 8.10. The molecule has 1 aliphatic rings. The molecule has 1 aliphatic carbocycles. The molecule has 2 nitrogen and oxygen atoms in total. The van der Waals surface area contributed by atoms with Crippen LogP contribution in [0.4, 0.5) is 0 Å². The van der Waals surface area contributed by atoms with Crippen molar-refractivity contribution in [3.05, 3.63) is 34.3 Å². The lowest BCUT2D eigenvalue weighted by Crippen LogP contribution is -2.30. The molecule has 0 atom stereocenters. The summed E-state index contributed by atoms with van der Waals surface area (Å²) in [5.74, 6) is 0.891. The lowest BCUT2D eigenvalue weighted by Gasteiger charge is -2.21. The van der Waals surface area contributed by atoms with Crippen LogP contribution in [-0.4, -0.2) is 12.5 Å². The molecular weight excluding hydrogens is 302 g/mol. The fourth-order valence-electron chi connectivity index (χ4n) is 2.69. The number of rotatable bonds is 5. The Morgan fingerprint density at radius 3 is 2.68 bits per heavy atom. The Bertz CT molecular complexity index is 413. The largest absolute Gasteiger partial charge is 0.356 e. The van der Waals surface area contributed by atoms with E-state index in [0.29, 0.717) is 12.3 Å². The predicted molar refractivity (Wildman–Crippen MR) is 82.0 cm³/mol. The van der Waals surface area contributed by atoms with Gasteiger partial charge in [-0.1, -0.05) is 53.4 Å². The minimum Gasteiger partial charge on any atom is -0.356 e. The van der Waals surface area contributed by atoms with Crippen LogP contribution in [0.5, 0.6) is 0 Å². The maximum absolute atomic E-state index is 11.8. The molecule has 0 bridgehead atoms. The maximum Gasteiger partial charge on any atom is 0.220 e. The molecule has 1 aromatic rings. The highest BCUT2D eigenvalue weighted by Crippen LogP contribution is 2.22. The summed E-state index contributed by atoms with van der Waals surface area (Å²) in [6.45, 7) is 0.870. The van der Waals surface area contributed by atoms with Gasteiger partial charge in [0.05, 0.1) is 0 Å². The average molecular weight is 324 g/mol. The Hall–Kier alpha value is -0.830. The zero-order valence-corrected chi connectivity index (χ0v) is 12.9. The Morgan fingerprint density at radius 2 is 1.95 bits per heavy atom. The highest BCUT2D eigenvalue weighted by atomic mass is 79.9. The molecule has 1 fully saturated rings. The van der Waals surface area contributed by atoms with E-state index in [4.69, 9.17) is 0 Å². The number of hydrogen-bond donors (Lipinski definition) is 1. The standard InChI is InChI=1S/C16H22BrNO/c17-15-9-5-4-8-14(15)10-11-16(19)18-12-13-6-2-1-3-7-13/h4-5,8-9,13H,1-3,6-7,10-12H2,(H,18,19).